The van der Waals surface area contributed by atoms with E-state index in [1.54, 1.807) is 0 Å². The molecule has 4 atom stereocenters. The van der Waals surface area contributed by atoms with Gasteiger partial charge in [-0.2, -0.15) is 0 Å². The smallest absolute Gasteiger partial charge is 0.0262 e. The van der Waals surface area contributed by atoms with Gasteiger partial charge in [0.25, 0.3) is 0 Å². The number of rotatable bonds is 7. The van der Waals surface area contributed by atoms with Crippen LogP contribution in [-0.2, 0) is 0 Å². The molecule has 0 fully saturated rings. The van der Waals surface area contributed by atoms with Gasteiger partial charge in [-0.25, -0.2) is 0 Å². The SMILES string of the molecule is CCCC(C)CCC(C(C)C)C(C)P. The summed E-state index contributed by atoms with van der Waals surface area (Å²) < 4.78 is 0. The van der Waals surface area contributed by atoms with Crippen LogP contribution < -0.4 is 0 Å². The van der Waals surface area contributed by atoms with Crippen molar-refractivity contribution in [3.05, 3.63) is 0 Å². The Morgan fingerprint density at radius 2 is 1.50 bits per heavy atom. The lowest BCUT2D eigenvalue weighted by molar-refractivity contribution is 0.318. The Morgan fingerprint density at radius 1 is 0.929 bits per heavy atom. The highest BCUT2D eigenvalue weighted by Crippen LogP contribution is 2.28. The Labute approximate surface area is 93.4 Å². The normalized spacial score (nSPS) is 18.2. The van der Waals surface area contributed by atoms with Gasteiger partial charge in [-0.3, -0.25) is 0 Å². The fourth-order valence-electron chi connectivity index (χ4n) is 2.32. The Kier molecular flexibility index (Phi) is 7.92. The fourth-order valence-corrected chi connectivity index (χ4v) is 2.95. The molecule has 14 heavy (non-hydrogen) atoms. The molecule has 0 heterocycles. The average Bonchev–Trinajstić information content (AvgIpc) is 2.03. The predicted octanol–water partition coefficient (Wildman–Crippen LogP) is 4.74. The van der Waals surface area contributed by atoms with Gasteiger partial charge in [0.2, 0.25) is 0 Å². The Bertz CT molecular complexity index is 121. The van der Waals surface area contributed by atoms with E-state index in [-0.39, 0.29) is 0 Å². The first kappa shape index (κ1) is 14.4. The first-order valence-corrected chi connectivity index (χ1v) is 6.91. The van der Waals surface area contributed by atoms with E-state index >= 15 is 0 Å². The van der Waals surface area contributed by atoms with E-state index in [9.17, 15) is 0 Å². The van der Waals surface area contributed by atoms with Crippen molar-refractivity contribution >= 4 is 9.24 Å². The summed E-state index contributed by atoms with van der Waals surface area (Å²) in [6, 6.07) is 0. The highest BCUT2D eigenvalue weighted by molar-refractivity contribution is 7.17. The molecule has 0 aliphatic rings. The zero-order chi connectivity index (χ0) is 11.1. The van der Waals surface area contributed by atoms with Gasteiger partial charge in [0.15, 0.2) is 0 Å². The van der Waals surface area contributed by atoms with E-state index in [2.05, 4.69) is 43.9 Å². The van der Waals surface area contributed by atoms with E-state index < -0.39 is 0 Å². The number of hydrogen-bond acceptors (Lipinski definition) is 0. The molecule has 0 aliphatic heterocycles. The third kappa shape index (κ3) is 6.02. The summed E-state index contributed by atoms with van der Waals surface area (Å²) in [6.45, 7) is 11.7. The lowest BCUT2D eigenvalue weighted by Gasteiger charge is -2.25. The molecule has 0 bridgehead atoms. The van der Waals surface area contributed by atoms with Crippen molar-refractivity contribution in [1.29, 1.82) is 0 Å². The van der Waals surface area contributed by atoms with Crippen LogP contribution in [0.2, 0.25) is 0 Å². The van der Waals surface area contributed by atoms with E-state index in [4.69, 9.17) is 0 Å². The molecule has 0 N–H and O–H groups in total. The van der Waals surface area contributed by atoms with Gasteiger partial charge < -0.3 is 0 Å². The van der Waals surface area contributed by atoms with E-state index in [1.165, 1.54) is 25.7 Å². The van der Waals surface area contributed by atoms with Gasteiger partial charge in [-0.1, -0.05) is 53.9 Å². The fraction of sp³-hybridized carbons (Fsp3) is 1.00. The Hall–Kier alpha value is 0.430. The predicted molar refractivity (Wildman–Crippen MR) is 70.8 cm³/mol. The monoisotopic (exact) mass is 216 g/mol. The van der Waals surface area contributed by atoms with Crippen LogP contribution in [0.4, 0.5) is 0 Å². The highest BCUT2D eigenvalue weighted by Gasteiger charge is 2.17. The Morgan fingerprint density at radius 3 is 1.86 bits per heavy atom. The zero-order valence-corrected chi connectivity index (χ0v) is 11.9. The molecule has 1 heteroatoms. The van der Waals surface area contributed by atoms with Gasteiger partial charge in [0.05, 0.1) is 0 Å². The largest absolute Gasteiger partial charge is 0.134 e. The summed E-state index contributed by atoms with van der Waals surface area (Å²) in [6.07, 6.45) is 5.55. The molecule has 0 saturated carbocycles. The molecule has 0 rings (SSSR count). The molecule has 0 aromatic rings. The van der Waals surface area contributed by atoms with E-state index in [0.29, 0.717) is 0 Å². The van der Waals surface area contributed by atoms with Crippen LogP contribution >= 0.6 is 9.24 Å². The van der Waals surface area contributed by atoms with Gasteiger partial charge in [0, 0.05) is 0 Å². The molecule has 86 valence electrons. The van der Waals surface area contributed by atoms with Crippen LogP contribution in [0.15, 0.2) is 0 Å². The minimum Gasteiger partial charge on any atom is -0.134 e. The number of hydrogen-bond donors (Lipinski definition) is 0. The molecule has 0 nitrogen and oxygen atoms in total. The molecule has 0 radical (unpaired) electrons. The van der Waals surface area contributed by atoms with Crippen LogP contribution in [0.25, 0.3) is 0 Å². The maximum Gasteiger partial charge on any atom is -0.0262 e. The molecular weight excluding hydrogens is 187 g/mol. The van der Waals surface area contributed by atoms with Crippen molar-refractivity contribution in [1.82, 2.24) is 0 Å². The van der Waals surface area contributed by atoms with Crippen LogP contribution in [-0.4, -0.2) is 5.66 Å². The second-order valence-electron chi connectivity index (χ2n) is 5.24. The van der Waals surface area contributed by atoms with Crippen molar-refractivity contribution in [2.24, 2.45) is 17.8 Å². The summed E-state index contributed by atoms with van der Waals surface area (Å²) in [4.78, 5) is 0. The van der Waals surface area contributed by atoms with Crippen molar-refractivity contribution in [2.45, 2.75) is 66.0 Å². The maximum absolute atomic E-state index is 2.97. The zero-order valence-electron chi connectivity index (χ0n) is 10.7. The minimum atomic E-state index is 0.767. The van der Waals surface area contributed by atoms with Gasteiger partial charge in [-0.05, 0) is 29.8 Å². The topological polar surface area (TPSA) is 0 Å². The third-order valence-corrected chi connectivity index (χ3v) is 3.80. The van der Waals surface area contributed by atoms with E-state index in [0.717, 1.165) is 23.4 Å². The molecule has 4 unspecified atom stereocenters. The molecule has 0 spiro atoms. The Balaban J connectivity index is 3.82. The minimum absolute atomic E-state index is 0.767. The first-order chi connectivity index (χ1) is 6.49. The molecule has 0 aromatic heterocycles. The van der Waals surface area contributed by atoms with Crippen molar-refractivity contribution in [3.8, 4) is 0 Å². The molecular formula is C13H29P. The second-order valence-corrected chi connectivity index (χ2v) is 6.29. The van der Waals surface area contributed by atoms with Crippen LogP contribution in [0.1, 0.15) is 60.3 Å². The van der Waals surface area contributed by atoms with Crippen molar-refractivity contribution < 1.29 is 0 Å². The quantitative estimate of drug-likeness (QED) is 0.539. The van der Waals surface area contributed by atoms with Crippen LogP contribution in [0.3, 0.4) is 0 Å². The summed E-state index contributed by atoms with van der Waals surface area (Å²) in [5.41, 5.74) is 0.767. The summed E-state index contributed by atoms with van der Waals surface area (Å²) in [7, 11) is 2.97. The van der Waals surface area contributed by atoms with E-state index in [1.807, 2.05) is 0 Å². The van der Waals surface area contributed by atoms with Gasteiger partial charge in [-0.15, -0.1) is 9.24 Å². The van der Waals surface area contributed by atoms with Gasteiger partial charge >= 0.3 is 0 Å². The molecule has 0 aliphatic carbocycles. The lowest BCUT2D eigenvalue weighted by Crippen LogP contribution is -2.18. The average molecular weight is 216 g/mol. The summed E-state index contributed by atoms with van der Waals surface area (Å²) in [5, 5.41) is 0. The van der Waals surface area contributed by atoms with Crippen LogP contribution in [0, 0.1) is 17.8 Å². The summed E-state index contributed by atoms with van der Waals surface area (Å²) >= 11 is 0. The molecule has 0 saturated heterocycles. The summed E-state index contributed by atoms with van der Waals surface area (Å²) in [5.74, 6) is 2.64. The molecule has 0 amide bonds. The maximum atomic E-state index is 2.97. The third-order valence-electron chi connectivity index (χ3n) is 3.31. The van der Waals surface area contributed by atoms with Crippen molar-refractivity contribution in [2.75, 3.05) is 0 Å². The van der Waals surface area contributed by atoms with Gasteiger partial charge in [0.1, 0.15) is 0 Å². The van der Waals surface area contributed by atoms with Crippen molar-refractivity contribution in [3.63, 3.8) is 0 Å². The van der Waals surface area contributed by atoms with Crippen LogP contribution in [0.5, 0.6) is 0 Å². The standard InChI is InChI=1S/C13H29P/c1-6-7-11(4)8-9-13(10(2)3)12(5)14/h10-13H,6-9,14H2,1-5H3. The lowest BCUT2D eigenvalue weighted by atomic mass is 9.85. The first-order valence-electron chi connectivity index (χ1n) is 6.24. The molecule has 0 aromatic carbocycles. The highest BCUT2D eigenvalue weighted by atomic mass is 31.0. The second kappa shape index (κ2) is 7.69.